The minimum absolute atomic E-state index is 0.0679. The second kappa shape index (κ2) is 9.43. The van der Waals surface area contributed by atoms with Crippen LogP contribution >= 0.6 is 0 Å². The molecule has 0 aromatic heterocycles. The van der Waals surface area contributed by atoms with E-state index in [1.807, 2.05) is 0 Å². The van der Waals surface area contributed by atoms with Crippen LogP contribution in [0.1, 0.15) is 77.0 Å². The summed E-state index contributed by atoms with van der Waals surface area (Å²) in [7, 11) is 0. The number of nitrogens with two attached hydrogens (primary N) is 1. The fraction of sp³-hybridized carbons (Fsp3) is 0.958. The molecule has 170 valence electrons. The van der Waals surface area contributed by atoms with Crippen molar-refractivity contribution in [3.63, 3.8) is 0 Å². The molecule has 0 aromatic carbocycles. The summed E-state index contributed by atoms with van der Waals surface area (Å²) in [5, 5.41) is 12.0. The summed E-state index contributed by atoms with van der Waals surface area (Å²) in [6, 6.07) is 2.09. The second-order valence-electron chi connectivity index (χ2n) is 10.9. The number of primary amides is 1. The molecule has 5 N–H and O–H groups in total. The Morgan fingerprint density at radius 2 is 1.53 bits per heavy atom. The minimum atomic E-state index is -0.118. The van der Waals surface area contributed by atoms with Crippen molar-refractivity contribution < 1.29 is 4.79 Å². The molecule has 6 nitrogen and oxygen atoms in total. The zero-order valence-corrected chi connectivity index (χ0v) is 18.7. The number of piperidine rings is 1. The molecule has 3 saturated heterocycles. The maximum Gasteiger partial charge on any atom is 0.220 e. The summed E-state index contributed by atoms with van der Waals surface area (Å²) in [5.41, 5.74) is 5.55. The maximum atomic E-state index is 11.5. The topological polar surface area (TPSA) is 82.4 Å². The predicted octanol–water partition coefficient (Wildman–Crippen LogP) is 2.15. The Balaban J connectivity index is 1.27. The molecule has 6 atom stereocenters. The van der Waals surface area contributed by atoms with Gasteiger partial charge in [-0.15, -0.1) is 0 Å². The van der Waals surface area contributed by atoms with E-state index in [-0.39, 0.29) is 18.1 Å². The van der Waals surface area contributed by atoms with E-state index in [4.69, 9.17) is 5.73 Å². The Morgan fingerprint density at radius 3 is 2.30 bits per heavy atom. The fourth-order valence-electron chi connectivity index (χ4n) is 7.64. The van der Waals surface area contributed by atoms with E-state index in [0.29, 0.717) is 6.04 Å². The Morgan fingerprint density at radius 1 is 0.800 bits per heavy atom. The van der Waals surface area contributed by atoms with Gasteiger partial charge in [0.25, 0.3) is 0 Å². The van der Waals surface area contributed by atoms with Gasteiger partial charge in [0.2, 0.25) is 5.91 Å². The van der Waals surface area contributed by atoms with E-state index in [1.54, 1.807) is 0 Å². The first-order valence-corrected chi connectivity index (χ1v) is 13.0. The van der Waals surface area contributed by atoms with Crippen LogP contribution in [0.3, 0.4) is 0 Å². The summed E-state index contributed by atoms with van der Waals surface area (Å²) < 4.78 is 0. The highest BCUT2D eigenvalue weighted by atomic mass is 16.1. The van der Waals surface area contributed by atoms with Gasteiger partial charge in [-0.25, -0.2) is 0 Å². The molecule has 6 unspecified atom stereocenters. The van der Waals surface area contributed by atoms with Crippen molar-refractivity contribution in [1.82, 2.24) is 20.9 Å². The highest BCUT2D eigenvalue weighted by molar-refractivity contribution is 5.76. The number of amides is 1. The van der Waals surface area contributed by atoms with Crippen LogP contribution in [0.25, 0.3) is 0 Å². The lowest BCUT2D eigenvalue weighted by Crippen LogP contribution is -2.66. The average Bonchev–Trinajstić information content (AvgIpc) is 3.19. The molecule has 1 amide bonds. The Labute approximate surface area is 182 Å². The molecule has 0 spiro atoms. The normalized spacial score (nSPS) is 42.1. The van der Waals surface area contributed by atoms with Crippen molar-refractivity contribution in [3.8, 4) is 0 Å². The van der Waals surface area contributed by atoms with Crippen LogP contribution in [0.5, 0.6) is 0 Å². The molecular weight excluding hydrogens is 374 g/mol. The van der Waals surface area contributed by atoms with Crippen LogP contribution in [-0.4, -0.2) is 54.9 Å². The van der Waals surface area contributed by atoms with Crippen LogP contribution in [0.4, 0.5) is 0 Å². The first-order valence-electron chi connectivity index (χ1n) is 13.0. The molecule has 5 fully saturated rings. The molecule has 0 bridgehead atoms. The van der Waals surface area contributed by atoms with Crippen LogP contribution < -0.4 is 21.7 Å². The standard InChI is InChI=1S/C24H43N5O/c25-23(30)17-11-14-29(15-12-17)24-26-13-10-20(28-24)21-18-8-4-5-9-19(18)27-22(21)16-6-2-1-3-7-16/h16-22,24,26-28H,1-15H2,(H2,25,30). The quantitative estimate of drug-likeness (QED) is 0.563. The Kier molecular flexibility index (Phi) is 6.66. The van der Waals surface area contributed by atoms with E-state index >= 15 is 0 Å². The van der Waals surface area contributed by atoms with Gasteiger partial charge in [-0.05, 0) is 69.2 Å². The van der Waals surface area contributed by atoms with E-state index in [2.05, 4.69) is 20.9 Å². The predicted molar refractivity (Wildman–Crippen MR) is 120 cm³/mol. The molecule has 3 aliphatic heterocycles. The van der Waals surface area contributed by atoms with Crippen molar-refractivity contribution in [2.75, 3.05) is 19.6 Å². The minimum Gasteiger partial charge on any atom is -0.369 e. The van der Waals surface area contributed by atoms with E-state index < -0.39 is 0 Å². The van der Waals surface area contributed by atoms with Gasteiger partial charge in [-0.3, -0.25) is 20.3 Å². The van der Waals surface area contributed by atoms with Gasteiger partial charge in [0.05, 0.1) is 0 Å². The van der Waals surface area contributed by atoms with Gasteiger partial charge >= 0.3 is 0 Å². The third kappa shape index (κ3) is 4.30. The van der Waals surface area contributed by atoms with Gasteiger partial charge in [0.1, 0.15) is 6.29 Å². The molecule has 5 rings (SSSR count). The maximum absolute atomic E-state index is 11.5. The summed E-state index contributed by atoms with van der Waals surface area (Å²) >= 11 is 0. The number of fused-ring (bicyclic) bond motifs is 1. The second-order valence-corrected chi connectivity index (χ2v) is 10.9. The van der Waals surface area contributed by atoms with Crippen molar-refractivity contribution in [3.05, 3.63) is 0 Å². The molecule has 0 aromatic rings. The van der Waals surface area contributed by atoms with Crippen molar-refractivity contribution in [1.29, 1.82) is 0 Å². The average molecular weight is 418 g/mol. The van der Waals surface area contributed by atoms with E-state index in [1.165, 1.54) is 64.2 Å². The lowest BCUT2D eigenvalue weighted by Gasteiger charge is -2.46. The first kappa shape index (κ1) is 21.2. The molecule has 2 saturated carbocycles. The number of carbonyl (C=O) groups is 1. The highest BCUT2D eigenvalue weighted by Gasteiger charge is 2.50. The van der Waals surface area contributed by atoms with Crippen molar-refractivity contribution in [2.45, 2.75) is 101 Å². The zero-order valence-electron chi connectivity index (χ0n) is 18.7. The number of hydrogen-bond donors (Lipinski definition) is 4. The Hall–Kier alpha value is -0.690. The number of hydrogen-bond acceptors (Lipinski definition) is 5. The van der Waals surface area contributed by atoms with Crippen LogP contribution in [0, 0.1) is 23.7 Å². The van der Waals surface area contributed by atoms with Crippen LogP contribution in [-0.2, 0) is 4.79 Å². The van der Waals surface area contributed by atoms with Crippen molar-refractivity contribution >= 4 is 5.91 Å². The number of nitrogens with one attached hydrogen (secondary N) is 3. The zero-order chi connectivity index (χ0) is 20.5. The molecule has 6 heteroatoms. The highest BCUT2D eigenvalue weighted by Crippen LogP contribution is 2.45. The third-order valence-corrected chi connectivity index (χ3v) is 9.22. The SMILES string of the molecule is NC(=O)C1CCN(C2NCCC(C3C4CCCCC4NC3C3CCCCC3)N2)CC1. The molecule has 30 heavy (non-hydrogen) atoms. The number of rotatable bonds is 4. The van der Waals surface area contributed by atoms with Gasteiger partial charge in [-0.1, -0.05) is 32.1 Å². The van der Waals surface area contributed by atoms with E-state index in [9.17, 15) is 4.79 Å². The molecular formula is C24H43N5O. The Bertz CT molecular complexity index is 586. The summed E-state index contributed by atoms with van der Waals surface area (Å²) in [5.74, 6) is 2.48. The lowest BCUT2D eigenvalue weighted by atomic mass is 9.70. The van der Waals surface area contributed by atoms with Gasteiger partial charge in [-0.2, -0.15) is 0 Å². The number of likely N-dealkylation sites (tertiary alicyclic amines) is 1. The van der Waals surface area contributed by atoms with Crippen molar-refractivity contribution in [2.24, 2.45) is 29.4 Å². The number of carbonyl (C=O) groups excluding carboxylic acids is 1. The largest absolute Gasteiger partial charge is 0.369 e. The first-order chi connectivity index (χ1) is 14.7. The van der Waals surface area contributed by atoms with Gasteiger partial charge in [0.15, 0.2) is 0 Å². The monoisotopic (exact) mass is 417 g/mol. The fourth-order valence-corrected chi connectivity index (χ4v) is 7.64. The van der Waals surface area contributed by atoms with Gasteiger partial charge in [0, 0.05) is 37.1 Å². The van der Waals surface area contributed by atoms with Gasteiger partial charge < -0.3 is 11.1 Å². The van der Waals surface area contributed by atoms with Crippen LogP contribution in [0.2, 0.25) is 0 Å². The summed E-state index contributed by atoms with van der Waals surface area (Å²) in [6.45, 7) is 3.03. The molecule has 5 aliphatic rings. The van der Waals surface area contributed by atoms with Crippen LogP contribution in [0.15, 0.2) is 0 Å². The molecule has 2 aliphatic carbocycles. The van der Waals surface area contributed by atoms with E-state index in [0.717, 1.165) is 62.3 Å². The molecule has 3 heterocycles. The summed E-state index contributed by atoms with van der Waals surface area (Å²) in [4.78, 5) is 14.1. The lowest BCUT2D eigenvalue weighted by molar-refractivity contribution is -0.123. The number of nitrogens with zero attached hydrogens (tertiary/aromatic N) is 1. The third-order valence-electron chi connectivity index (χ3n) is 9.22. The summed E-state index contributed by atoms with van der Waals surface area (Å²) in [6.07, 6.45) is 16.1. The molecule has 0 radical (unpaired) electrons. The smallest absolute Gasteiger partial charge is 0.220 e.